The maximum absolute atomic E-state index is 11.8. The molecular weight excluding hydrogens is 304 g/mol. The van der Waals surface area contributed by atoms with Crippen LogP contribution in [0.2, 0.25) is 0 Å². The number of urea groups is 2. The lowest BCUT2D eigenvalue weighted by molar-refractivity contribution is -0.121. The molecule has 5 amide bonds. The topological polar surface area (TPSA) is 135 Å². The van der Waals surface area contributed by atoms with Crippen molar-refractivity contribution in [1.82, 2.24) is 26.3 Å². The van der Waals surface area contributed by atoms with Crippen molar-refractivity contribution in [2.75, 3.05) is 6.54 Å². The Balaban J connectivity index is 1.56. The Kier molecular flexibility index (Phi) is 3.71. The third-order valence-corrected chi connectivity index (χ3v) is 3.40. The zero-order valence-electron chi connectivity index (χ0n) is 11.8. The maximum atomic E-state index is 11.8. The lowest BCUT2D eigenvalue weighted by Crippen LogP contribution is -2.47. The lowest BCUT2D eigenvalue weighted by atomic mass is 10.2. The van der Waals surface area contributed by atoms with Crippen LogP contribution < -0.4 is 21.4 Å². The molecule has 10 heteroatoms. The maximum Gasteiger partial charge on any atom is 0.321 e. The van der Waals surface area contributed by atoms with Crippen LogP contribution in [0.1, 0.15) is 5.56 Å². The standard InChI is InChI=1S/C13H14N6O4/c20-8-4-2-1-3-7(8)5-14-18-9(21)6-19-11-10(16-13(19)23)15-12(22)17-11/h1-5,10-11,20H,6H2,(H,16,23)(H,18,21)(H2,15,17,22)/b14-5-/t10-,11+/m1/s1. The average molecular weight is 318 g/mol. The predicted molar refractivity (Wildman–Crippen MR) is 78.3 cm³/mol. The van der Waals surface area contributed by atoms with Crippen LogP contribution in [-0.2, 0) is 4.79 Å². The first-order valence-electron chi connectivity index (χ1n) is 6.78. The molecule has 2 atom stereocenters. The van der Waals surface area contributed by atoms with Gasteiger partial charge in [-0.1, -0.05) is 12.1 Å². The van der Waals surface area contributed by atoms with Gasteiger partial charge in [0, 0.05) is 5.56 Å². The van der Waals surface area contributed by atoms with E-state index in [0.717, 1.165) is 0 Å². The van der Waals surface area contributed by atoms with Gasteiger partial charge in [-0.2, -0.15) is 5.10 Å². The minimum atomic E-state index is -0.622. The van der Waals surface area contributed by atoms with Crippen LogP contribution >= 0.6 is 0 Å². The minimum absolute atomic E-state index is 0.0343. The molecule has 10 nitrogen and oxygen atoms in total. The van der Waals surface area contributed by atoms with Gasteiger partial charge in [0.25, 0.3) is 5.91 Å². The highest BCUT2D eigenvalue weighted by Gasteiger charge is 2.45. The van der Waals surface area contributed by atoms with E-state index >= 15 is 0 Å². The van der Waals surface area contributed by atoms with Gasteiger partial charge in [0.1, 0.15) is 24.6 Å². The van der Waals surface area contributed by atoms with E-state index in [-0.39, 0.29) is 12.3 Å². The highest BCUT2D eigenvalue weighted by Crippen LogP contribution is 2.14. The summed E-state index contributed by atoms with van der Waals surface area (Å²) in [6.45, 7) is -0.271. The number of phenolic OH excluding ortho intramolecular Hbond substituents is 1. The van der Waals surface area contributed by atoms with Crippen molar-refractivity contribution >= 4 is 24.2 Å². The molecule has 1 aromatic rings. The fourth-order valence-electron chi connectivity index (χ4n) is 2.33. The third kappa shape index (κ3) is 3.00. The van der Waals surface area contributed by atoms with Gasteiger partial charge in [0.05, 0.1) is 6.21 Å². The van der Waals surface area contributed by atoms with Gasteiger partial charge in [0.2, 0.25) is 0 Å². The summed E-state index contributed by atoms with van der Waals surface area (Å²) in [5.41, 5.74) is 2.71. The van der Waals surface area contributed by atoms with Crippen LogP contribution in [0.15, 0.2) is 29.4 Å². The quantitative estimate of drug-likeness (QED) is 0.353. The van der Waals surface area contributed by atoms with Gasteiger partial charge in [-0.25, -0.2) is 15.0 Å². The monoisotopic (exact) mass is 318 g/mol. The first-order chi connectivity index (χ1) is 11.0. The Morgan fingerprint density at radius 1 is 1.30 bits per heavy atom. The van der Waals surface area contributed by atoms with Crippen LogP contribution in [0.3, 0.4) is 0 Å². The molecule has 0 radical (unpaired) electrons. The second kappa shape index (κ2) is 5.83. The summed E-state index contributed by atoms with van der Waals surface area (Å²) in [7, 11) is 0. The highest BCUT2D eigenvalue weighted by molar-refractivity contribution is 5.89. The van der Waals surface area contributed by atoms with Crippen LogP contribution in [0.25, 0.3) is 0 Å². The number of carbonyl (C=O) groups excluding carboxylic acids is 3. The van der Waals surface area contributed by atoms with E-state index in [1.54, 1.807) is 18.2 Å². The molecule has 0 aromatic heterocycles. The third-order valence-electron chi connectivity index (χ3n) is 3.40. The molecular formula is C13H14N6O4. The smallest absolute Gasteiger partial charge is 0.321 e. The summed E-state index contributed by atoms with van der Waals surface area (Å²) in [5.74, 6) is -0.499. The van der Waals surface area contributed by atoms with Crippen molar-refractivity contribution in [1.29, 1.82) is 0 Å². The van der Waals surface area contributed by atoms with E-state index < -0.39 is 30.3 Å². The number of aromatic hydroxyl groups is 1. The van der Waals surface area contributed by atoms with Gasteiger partial charge >= 0.3 is 12.1 Å². The van der Waals surface area contributed by atoms with Crippen molar-refractivity contribution < 1.29 is 19.5 Å². The molecule has 2 aliphatic heterocycles. The molecule has 5 N–H and O–H groups in total. The first kappa shape index (κ1) is 14.6. The number of nitrogens with zero attached hydrogens (tertiary/aromatic N) is 2. The molecule has 2 heterocycles. The number of fused-ring (bicyclic) bond motifs is 1. The summed E-state index contributed by atoms with van der Waals surface area (Å²) >= 11 is 0. The SMILES string of the molecule is O=C(CN1C(=O)N[C@H]2NC(=O)N[C@H]21)N/N=C\c1ccccc1O. The van der Waals surface area contributed by atoms with Gasteiger partial charge in [-0.05, 0) is 12.1 Å². The summed E-state index contributed by atoms with van der Waals surface area (Å²) in [4.78, 5) is 36.0. The predicted octanol–water partition coefficient (Wildman–Crippen LogP) is -1.17. The van der Waals surface area contributed by atoms with Crippen molar-refractivity contribution in [3.8, 4) is 5.75 Å². The molecule has 0 spiro atoms. The van der Waals surface area contributed by atoms with Crippen LogP contribution in [0.4, 0.5) is 9.59 Å². The minimum Gasteiger partial charge on any atom is -0.507 e. The van der Waals surface area contributed by atoms with E-state index in [9.17, 15) is 19.5 Å². The lowest BCUT2D eigenvalue weighted by Gasteiger charge is -2.19. The Morgan fingerprint density at radius 2 is 2.09 bits per heavy atom. The number of phenols is 1. The number of hydrogen-bond donors (Lipinski definition) is 5. The molecule has 0 unspecified atom stereocenters. The fourth-order valence-corrected chi connectivity index (χ4v) is 2.33. The Bertz CT molecular complexity index is 691. The number of hydrogen-bond acceptors (Lipinski definition) is 5. The van der Waals surface area contributed by atoms with Gasteiger partial charge in [-0.3, -0.25) is 9.69 Å². The van der Waals surface area contributed by atoms with E-state index in [1.807, 2.05) is 0 Å². The Hall–Kier alpha value is -3.30. The molecule has 3 rings (SSSR count). The largest absolute Gasteiger partial charge is 0.507 e. The van der Waals surface area contributed by atoms with E-state index in [1.165, 1.54) is 17.2 Å². The number of para-hydroxylation sites is 1. The zero-order chi connectivity index (χ0) is 16.4. The number of carbonyl (C=O) groups is 3. The van der Waals surface area contributed by atoms with E-state index in [0.29, 0.717) is 5.56 Å². The molecule has 1 aromatic carbocycles. The Morgan fingerprint density at radius 3 is 2.87 bits per heavy atom. The zero-order valence-corrected chi connectivity index (χ0v) is 11.8. The first-order valence-corrected chi connectivity index (χ1v) is 6.78. The van der Waals surface area contributed by atoms with Crippen LogP contribution in [-0.4, -0.2) is 53.1 Å². The van der Waals surface area contributed by atoms with Gasteiger partial charge < -0.3 is 21.1 Å². The fraction of sp³-hybridized carbons (Fsp3) is 0.231. The summed E-state index contributed by atoms with van der Waals surface area (Å²) in [6, 6.07) is 5.62. The van der Waals surface area contributed by atoms with Crippen molar-refractivity contribution in [3.63, 3.8) is 0 Å². The highest BCUT2D eigenvalue weighted by atomic mass is 16.3. The van der Waals surface area contributed by atoms with Crippen molar-refractivity contribution in [2.45, 2.75) is 12.3 Å². The number of rotatable bonds is 4. The summed E-state index contributed by atoms with van der Waals surface area (Å²) in [5, 5.41) is 20.9. The molecule has 2 saturated heterocycles. The molecule has 0 aliphatic carbocycles. The number of amides is 5. The Labute approximate surface area is 130 Å². The van der Waals surface area contributed by atoms with Gasteiger partial charge in [-0.15, -0.1) is 0 Å². The summed E-state index contributed by atoms with van der Waals surface area (Å²) in [6.07, 6.45) is 0.106. The normalized spacial score (nSPS) is 22.5. The van der Waals surface area contributed by atoms with E-state index in [4.69, 9.17) is 0 Å². The van der Waals surface area contributed by atoms with Crippen LogP contribution in [0, 0.1) is 0 Å². The average Bonchev–Trinajstić information content (AvgIpc) is 2.98. The number of nitrogens with one attached hydrogen (secondary N) is 4. The van der Waals surface area contributed by atoms with E-state index in [2.05, 4.69) is 26.5 Å². The second-order valence-electron chi connectivity index (χ2n) is 4.97. The molecule has 0 saturated carbocycles. The number of benzene rings is 1. The number of hydrazone groups is 1. The van der Waals surface area contributed by atoms with Gasteiger partial charge in [0.15, 0.2) is 0 Å². The van der Waals surface area contributed by atoms with Crippen LogP contribution in [0.5, 0.6) is 5.75 Å². The summed E-state index contributed by atoms with van der Waals surface area (Å²) < 4.78 is 0. The molecule has 120 valence electrons. The van der Waals surface area contributed by atoms with Crippen molar-refractivity contribution in [2.24, 2.45) is 5.10 Å². The second-order valence-corrected chi connectivity index (χ2v) is 4.97. The molecule has 2 fully saturated rings. The molecule has 0 bridgehead atoms. The molecule has 2 aliphatic rings. The van der Waals surface area contributed by atoms with Crippen molar-refractivity contribution in [3.05, 3.63) is 29.8 Å². The molecule has 23 heavy (non-hydrogen) atoms.